The highest BCUT2D eigenvalue weighted by atomic mass is 35.5. The van der Waals surface area contributed by atoms with Crippen LogP contribution in [0.15, 0.2) is 0 Å². The van der Waals surface area contributed by atoms with Crippen molar-refractivity contribution in [1.82, 2.24) is 0 Å². The fourth-order valence-electron chi connectivity index (χ4n) is 0.0412. The van der Waals surface area contributed by atoms with Crippen molar-refractivity contribution in [2.45, 2.75) is 6.10 Å². The average molecular weight is 133 g/mol. The van der Waals surface area contributed by atoms with Crippen LogP contribution in [0.1, 0.15) is 0 Å². The summed E-state index contributed by atoms with van der Waals surface area (Å²) in [6.07, 6.45) is -1.40. The van der Waals surface area contributed by atoms with Crippen LogP contribution in [-0.2, 0) is 0 Å². The molecule has 0 aliphatic heterocycles. The Morgan fingerprint density at radius 3 is 1.57 bits per heavy atom. The van der Waals surface area contributed by atoms with Crippen molar-refractivity contribution in [3.8, 4) is 0 Å². The summed E-state index contributed by atoms with van der Waals surface area (Å²) in [6, 6.07) is 0. The zero-order chi connectivity index (χ0) is 4.99. The molecular weight excluding hydrogens is 125 g/mol. The smallest absolute Gasteiger partial charge is 0.118 e. The Balaban J connectivity index is 0. The number of alkyl halides is 2. The summed E-state index contributed by atoms with van der Waals surface area (Å²) in [5.74, 6) is 0. The molecule has 0 aliphatic rings. The molecule has 0 aromatic rings. The van der Waals surface area contributed by atoms with Crippen LogP contribution in [-0.4, -0.2) is 24.6 Å². The van der Waals surface area contributed by atoms with Gasteiger partial charge >= 0.3 is 0 Å². The van der Waals surface area contributed by atoms with Gasteiger partial charge in [0.05, 0.1) is 0 Å². The molecule has 0 fully saturated rings. The zero-order valence-corrected chi connectivity index (χ0v) is 4.42. The normalized spacial score (nSPS) is 8.57. The quantitative estimate of drug-likeness (QED) is 0.587. The largest absolute Gasteiger partial charge is 0.388 e. The van der Waals surface area contributed by atoms with E-state index in [2.05, 4.69) is 0 Å². The zero-order valence-electron chi connectivity index (χ0n) is 3.60. The summed E-state index contributed by atoms with van der Waals surface area (Å²) < 4.78 is 21.8. The van der Waals surface area contributed by atoms with Crippen LogP contribution < -0.4 is 0 Å². The number of hydrogen-bond acceptors (Lipinski definition) is 1. The Kier molecular flexibility index (Phi) is 8.87. The summed E-state index contributed by atoms with van der Waals surface area (Å²) in [4.78, 5) is 0. The van der Waals surface area contributed by atoms with E-state index in [-0.39, 0.29) is 12.4 Å². The van der Waals surface area contributed by atoms with Gasteiger partial charge in [0.1, 0.15) is 19.5 Å². The van der Waals surface area contributed by atoms with Gasteiger partial charge in [0.25, 0.3) is 0 Å². The van der Waals surface area contributed by atoms with Crippen molar-refractivity contribution >= 4 is 12.4 Å². The van der Waals surface area contributed by atoms with Gasteiger partial charge in [-0.3, -0.25) is 0 Å². The van der Waals surface area contributed by atoms with Crippen LogP contribution in [0.2, 0.25) is 0 Å². The Morgan fingerprint density at radius 2 is 1.57 bits per heavy atom. The SMILES string of the molecule is Cl.OC(CF)CF. The number of hydrogen-bond donors (Lipinski definition) is 1. The molecular formula is C3H7ClF2O. The standard InChI is InChI=1S/C3H6F2O.ClH/c4-1-3(6)2-5;/h3,6H,1-2H2;1H. The van der Waals surface area contributed by atoms with Crippen molar-refractivity contribution in [2.24, 2.45) is 0 Å². The summed E-state index contributed by atoms with van der Waals surface area (Å²) in [6.45, 7) is -1.98. The van der Waals surface area contributed by atoms with E-state index in [0.717, 1.165) is 0 Å². The molecule has 0 aliphatic carbocycles. The molecule has 4 heteroatoms. The van der Waals surface area contributed by atoms with Gasteiger partial charge in [-0.2, -0.15) is 0 Å². The molecule has 0 amide bonds. The molecule has 0 spiro atoms. The first-order valence-electron chi connectivity index (χ1n) is 1.61. The van der Waals surface area contributed by atoms with Gasteiger partial charge in [0.15, 0.2) is 0 Å². The van der Waals surface area contributed by atoms with E-state index < -0.39 is 19.5 Å². The monoisotopic (exact) mass is 132 g/mol. The van der Waals surface area contributed by atoms with Crippen molar-refractivity contribution in [3.05, 3.63) is 0 Å². The van der Waals surface area contributed by atoms with E-state index in [9.17, 15) is 8.78 Å². The number of rotatable bonds is 2. The second kappa shape index (κ2) is 6.11. The third-order valence-electron chi connectivity index (χ3n) is 0.356. The molecule has 0 saturated heterocycles. The van der Waals surface area contributed by atoms with Gasteiger partial charge in [-0.05, 0) is 0 Å². The van der Waals surface area contributed by atoms with Gasteiger partial charge < -0.3 is 5.11 Å². The third-order valence-corrected chi connectivity index (χ3v) is 0.356. The maximum atomic E-state index is 10.9. The van der Waals surface area contributed by atoms with Gasteiger partial charge in [-0.25, -0.2) is 8.78 Å². The molecule has 0 aromatic heterocycles. The first kappa shape index (κ1) is 10.2. The van der Waals surface area contributed by atoms with E-state index in [0.29, 0.717) is 0 Å². The minimum atomic E-state index is -1.40. The van der Waals surface area contributed by atoms with Crippen LogP contribution in [0.3, 0.4) is 0 Å². The third kappa shape index (κ3) is 6.11. The maximum absolute atomic E-state index is 10.9. The van der Waals surface area contributed by atoms with Crippen LogP contribution >= 0.6 is 12.4 Å². The number of aliphatic hydroxyl groups excluding tert-OH is 1. The van der Waals surface area contributed by atoms with E-state index in [1.54, 1.807) is 0 Å². The van der Waals surface area contributed by atoms with Crippen LogP contribution in [0.5, 0.6) is 0 Å². The molecule has 0 heterocycles. The summed E-state index contributed by atoms with van der Waals surface area (Å²) in [5.41, 5.74) is 0. The number of halogens is 3. The molecule has 0 rings (SSSR count). The molecule has 7 heavy (non-hydrogen) atoms. The molecule has 1 nitrogen and oxygen atoms in total. The maximum Gasteiger partial charge on any atom is 0.118 e. The van der Waals surface area contributed by atoms with Gasteiger partial charge in [0, 0.05) is 0 Å². The molecule has 0 bridgehead atoms. The Morgan fingerprint density at radius 1 is 1.29 bits per heavy atom. The van der Waals surface area contributed by atoms with E-state index >= 15 is 0 Å². The molecule has 46 valence electrons. The summed E-state index contributed by atoms with van der Waals surface area (Å²) >= 11 is 0. The van der Waals surface area contributed by atoms with Crippen LogP contribution in [0.25, 0.3) is 0 Å². The van der Waals surface area contributed by atoms with Crippen LogP contribution in [0.4, 0.5) is 8.78 Å². The molecule has 0 saturated carbocycles. The molecule has 0 atom stereocenters. The average Bonchev–Trinajstić information content (AvgIpc) is 1.65. The highest BCUT2D eigenvalue weighted by Gasteiger charge is 1.97. The topological polar surface area (TPSA) is 20.2 Å². The minimum Gasteiger partial charge on any atom is -0.388 e. The second-order valence-electron chi connectivity index (χ2n) is 0.962. The lowest BCUT2D eigenvalue weighted by Crippen LogP contribution is -2.10. The lowest BCUT2D eigenvalue weighted by molar-refractivity contribution is 0.111. The van der Waals surface area contributed by atoms with E-state index in [1.165, 1.54) is 0 Å². The lowest BCUT2D eigenvalue weighted by atomic mass is 10.4. The fourth-order valence-corrected chi connectivity index (χ4v) is 0.0412. The van der Waals surface area contributed by atoms with Crippen LogP contribution in [0, 0.1) is 0 Å². The molecule has 0 aromatic carbocycles. The highest BCUT2D eigenvalue weighted by Crippen LogP contribution is 1.81. The fraction of sp³-hybridized carbons (Fsp3) is 1.00. The lowest BCUT2D eigenvalue weighted by Gasteiger charge is -1.92. The summed E-state index contributed by atoms with van der Waals surface area (Å²) in [7, 11) is 0. The van der Waals surface area contributed by atoms with E-state index in [1.807, 2.05) is 0 Å². The number of aliphatic hydroxyl groups is 1. The van der Waals surface area contributed by atoms with Gasteiger partial charge in [-0.15, -0.1) is 12.4 Å². The summed E-state index contributed by atoms with van der Waals surface area (Å²) in [5, 5.41) is 7.92. The second-order valence-corrected chi connectivity index (χ2v) is 0.962. The first-order valence-corrected chi connectivity index (χ1v) is 1.61. The van der Waals surface area contributed by atoms with Gasteiger partial charge in [-0.1, -0.05) is 0 Å². The van der Waals surface area contributed by atoms with Crippen molar-refractivity contribution in [1.29, 1.82) is 0 Å². The molecule has 1 N–H and O–H groups in total. The van der Waals surface area contributed by atoms with Crippen molar-refractivity contribution in [2.75, 3.05) is 13.3 Å². The Bertz CT molecular complexity index is 32.1. The first-order chi connectivity index (χ1) is 2.81. The molecule has 0 unspecified atom stereocenters. The molecule has 0 radical (unpaired) electrons. The predicted octanol–water partition coefficient (Wildman–Crippen LogP) is 0.708. The van der Waals surface area contributed by atoms with E-state index in [4.69, 9.17) is 5.11 Å². The van der Waals surface area contributed by atoms with Gasteiger partial charge in [0.2, 0.25) is 0 Å². The van der Waals surface area contributed by atoms with Crippen molar-refractivity contribution in [3.63, 3.8) is 0 Å². The van der Waals surface area contributed by atoms with Crippen molar-refractivity contribution < 1.29 is 13.9 Å². The Labute approximate surface area is 46.7 Å². The highest BCUT2D eigenvalue weighted by molar-refractivity contribution is 5.85. The Hall–Kier alpha value is 0.110. The minimum absolute atomic E-state index is 0. The predicted molar refractivity (Wildman–Crippen MR) is 25.2 cm³/mol.